The number of halogens is 1. The summed E-state index contributed by atoms with van der Waals surface area (Å²) >= 11 is 0. The predicted octanol–water partition coefficient (Wildman–Crippen LogP) is 2.25. The van der Waals surface area contributed by atoms with E-state index in [1.54, 1.807) is 6.07 Å². The molecule has 7 nitrogen and oxygen atoms in total. The molecule has 0 fully saturated rings. The van der Waals surface area contributed by atoms with Crippen molar-refractivity contribution in [3.05, 3.63) is 81.3 Å². The molecule has 0 aliphatic heterocycles. The molecule has 0 aliphatic rings. The van der Waals surface area contributed by atoms with Crippen LogP contribution in [0.25, 0.3) is 6.08 Å². The zero-order valence-electron chi connectivity index (χ0n) is 13.2. The SMILES string of the molecule is CNC(=O)/C(=C\c1ccccc1F)NC(=O)c1ccc([N+](=O)[O-])cc1. The van der Waals surface area contributed by atoms with Crippen molar-refractivity contribution >= 4 is 23.6 Å². The number of nitrogens with one attached hydrogen (secondary N) is 2. The number of rotatable bonds is 5. The smallest absolute Gasteiger partial charge is 0.269 e. The molecule has 0 aromatic heterocycles. The summed E-state index contributed by atoms with van der Waals surface area (Å²) in [4.78, 5) is 34.2. The standard InChI is InChI=1S/C17H14FN3O4/c1-19-17(23)15(10-12-4-2-3-5-14(12)18)20-16(22)11-6-8-13(9-7-11)21(24)25/h2-10H,1H3,(H,19,23)(H,20,22)/b15-10+. The maximum atomic E-state index is 13.7. The van der Waals surface area contributed by atoms with Crippen molar-refractivity contribution in [1.82, 2.24) is 10.6 Å². The van der Waals surface area contributed by atoms with Crippen molar-refractivity contribution in [3.8, 4) is 0 Å². The van der Waals surface area contributed by atoms with E-state index in [0.29, 0.717) is 0 Å². The van der Waals surface area contributed by atoms with Gasteiger partial charge in [-0.05, 0) is 24.3 Å². The Balaban J connectivity index is 2.28. The number of non-ortho nitro benzene ring substituents is 1. The summed E-state index contributed by atoms with van der Waals surface area (Å²) in [6, 6.07) is 10.7. The first kappa shape index (κ1) is 17.8. The van der Waals surface area contributed by atoms with Crippen molar-refractivity contribution in [2.45, 2.75) is 0 Å². The molecule has 2 aromatic carbocycles. The van der Waals surface area contributed by atoms with Crippen LogP contribution < -0.4 is 10.6 Å². The van der Waals surface area contributed by atoms with Gasteiger partial charge in [0.05, 0.1) is 4.92 Å². The van der Waals surface area contributed by atoms with E-state index in [0.717, 1.165) is 0 Å². The molecule has 128 valence electrons. The van der Waals surface area contributed by atoms with E-state index in [4.69, 9.17) is 0 Å². The fourth-order valence-electron chi connectivity index (χ4n) is 1.97. The monoisotopic (exact) mass is 343 g/mol. The minimum absolute atomic E-state index is 0.119. The molecule has 25 heavy (non-hydrogen) atoms. The van der Waals surface area contributed by atoms with Gasteiger partial charge in [0.25, 0.3) is 17.5 Å². The van der Waals surface area contributed by atoms with Crippen molar-refractivity contribution in [3.63, 3.8) is 0 Å². The third kappa shape index (κ3) is 4.47. The lowest BCUT2D eigenvalue weighted by Crippen LogP contribution is -2.33. The van der Waals surface area contributed by atoms with Gasteiger partial charge in [-0.3, -0.25) is 19.7 Å². The maximum Gasteiger partial charge on any atom is 0.269 e. The molecule has 2 amide bonds. The van der Waals surface area contributed by atoms with E-state index in [9.17, 15) is 24.1 Å². The quantitative estimate of drug-likeness (QED) is 0.494. The number of likely N-dealkylation sites (N-methyl/N-ethyl adjacent to an activating group) is 1. The lowest BCUT2D eigenvalue weighted by molar-refractivity contribution is -0.384. The number of carbonyl (C=O) groups excluding carboxylic acids is 2. The van der Waals surface area contributed by atoms with Gasteiger partial charge < -0.3 is 10.6 Å². The Labute approximate surface area is 142 Å². The second-order valence-electron chi connectivity index (χ2n) is 4.92. The number of hydrogen-bond acceptors (Lipinski definition) is 4. The van der Waals surface area contributed by atoms with Crippen LogP contribution in [0.15, 0.2) is 54.2 Å². The van der Waals surface area contributed by atoms with Gasteiger partial charge in [0.2, 0.25) is 0 Å². The van der Waals surface area contributed by atoms with E-state index in [1.165, 1.54) is 55.6 Å². The van der Waals surface area contributed by atoms with Crippen LogP contribution in [0.3, 0.4) is 0 Å². The number of nitro groups is 1. The van der Waals surface area contributed by atoms with Crippen LogP contribution in [0.5, 0.6) is 0 Å². The Morgan fingerprint density at radius 1 is 1.12 bits per heavy atom. The summed E-state index contributed by atoms with van der Waals surface area (Å²) in [5.74, 6) is -1.81. The Morgan fingerprint density at radius 2 is 1.76 bits per heavy atom. The Kier molecular flexibility index (Phi) is 5.57. The third-order valence-corrected chi connectivity index (χ3v) is 3.27. The van der Waals surface area contributed by atoms with Gasteiger partial charge in [0.1, 0.15) is 11.5 Å². The molecule has 2 rings (SSSR count). The summed E-state index contributed by atoms with van der Waals surface area (Å²) in [6.07, 6.45) is 1.21. The molecular formula is C17H14FN3O4. The second kappa shape index (κ2) is 7.82. The highest BCUT2D eigenvalue weighted by atomic mass is 19.1. The number of carbonyl (C=O) groups is 2. The van der Waals surface area contributed by atoms with E-state index < -0.39 is 22.6 Å². The molecule has 0 aliphatic carbocycles. The van der Waals surface area contributed by atoms with Gasteiger partial charge in [-0.1, -0.05) is 18.2 Å². The molecule has 0 radical (unpaired) electrons. The van der Waals surface area contributed by atoms with Crippen molar-refractivity contribution in [1.29, 1.82) is 0 Å². The van der Waals surface area contributed by atoms with Crippen LogP contribution >= 0.6 is 0 Å². The highest BCUT2D eigenvalue weighted by Gasteiger charge is 2.15. The summed E-state index contributed by atoms with van der Waals surface area (Å²) in [7, 11) is 1.37. The van der Waals surface area contributed by atoms with Gasteiger partial charge in [0, 0.05) is 30.3 Å². The molecule has 2 N–H and O–H groups in total. The minimum atomic E-state index is -0.652. The van der Waals surface area contributed by atoms with Crippen molar-refractivity contribution in [2.24, 2.45) is 0 Å². The largest absolute Gasteiger partial charge is 0.354 e. The fraction of sp³-hybridized carbons (Fsp3) is 0.0588. The molecule has 0 atom stereocenters. The molecule has 8 heteroatoms. The summed E-state index contributed by atoms with van der Waals surface area (Å²) in [5, 5.41) is 15.4. The lowest BCUT2D eigenvalue weighted by atomic mass is 10.1. The molecule has 0 bridgehead atoms. The first-order valence-electron chi connectivity index (χ1n) is 7.16. The molecule has 0 spiro atoms. The molecule has 0 saturated heterocycles. The molecule has 2 aromatic rings. The Morgan fingerprint density at radius 3 is 2.32 bits per heavy atom. The highest BCUT2D eigenvalue weighted by molar-refractivity contribution is 6.05. The van der Waals surface area contributed by atoms with Crippen LogP contribution in [-0.2, 0) is 4.79 Å². The van der Waals surface area contributed by atoms with Crippen LogP contribution in [0.2, 0.25) is 0 Å². The number of benzene rings is 2. The topological polar surface area (TPSA) is 101 Å². The zero-order chi connectivity index (χ0) is 18.4. The van der Waals surface area contributed by atoms with E-state index in [1.807, 2.05) is 0 Å². The first-order valence-corrected chi connectivity index (χ1v) is 7.16. The molecular weight excluding hydrogens is 329 g/mol. The first-order chi connectivity index (χ1) is 11.9. The van der Waals surface area contributed by atoms with Gasteiger partial charge >= 0.3 is 0 Å². The van der Waals surface area contributed by atoms with Crippen molar-refractivity contribution in [2.75, 3.05) is 7.05 Å². The van der Waals surface area contributed by atoms with E-state index in [2.05, 4.69) is 10.6 Å². The van der Waals surface area contributed by atoms with Crippen LogP contribution in [0.1, 0.15) is 15.9 Å². The maximum absolute atomic E-state index is 13.7. The number of nitrogens with zero attached hydrogens (tertiary/aromatic N) is 1. The normalized spacial score (nSPS) is 10.9. The lowest BCUT2D eigenvalue weighted by Gasteiger charge is -2.09. The fourth-order valence-corrected chi connectivity index (χ4v) is 1.97. The highest BCUT2D eigenvalue weighted by Crippen LogP contribution is 2.14. The van der Waals surface area contributed by atoms with Gasteiger partial charge in [-0.2, -0.15) is 0 Å². The number of nitro benzene ring substituents is 1. The van der Waals surface area contributed by atoms with Gasteiger partial charge in [-0.25, -0.2) is 4.39 Å². The summed E-state index contributed by atoms with van der Waals surface area (Å²) in [6.45, 7) is 0. The van der Waals surface area contributed by atoms with E-state index in [-0.39, 0.29) is 22.5 Å². The second-order valence-corrected chi connectivity index (χ2v) is 4.92. The molecule has 0 heterocycles. The zero-order valence-corrected chi connectivity index (χ0v) is 13.2. The average Bonchev–Trinajstić information content (AvgIpc) is 2.62. The summed E-state index contributed by atoms with van der Waals surface area (Å²) in [5.41, 5.74) is -0.0695. The predicted molar refractivity (Wildman–Crippen MR) is 89.0 cm³/mol. The molecule has 0 saturated carbocycles. The van der Waals surface area contributed by atoms with Crippen LogP contribution in [0, 0.1) is 15.9 Å². The number of hydrogen-bond donors (Lipinski definition) is 2. The summed E-state index contributed by atoms with van der Waals surface area (Å²) < 4.78 is 13.7. The molecule has 0 unspecified atom stereocenters. The third-order valence-electron chi connectivity index (χ3n) is 3.27. The Bertz CT molecular complexity index is 847. The van der Waals surface area contributed by atoms with Crippen LogP contribution in [-0.4, -0.2) is 23.8 Å². The number of amides is 2. The van der Waals surface area contributed by atoms with Gasteiger partial charge in [-0.15, -0.1) is 0 Å². The average molecular weight is 343 g/mol. The van der Waals surface area contributed by atoms with Gasteiger partial charge in [0.15, 0.2) is 0 Å². The van der Waals surface area contributed by atoms with Crippen LogP contribution in [0.4, 0.5) is 10.1 Å². The van der Waals surface area contributed by atoms with Crippen molar-refractivity contribution < 1.29 is 18.9 Å². The minimum Gasteiger partial charge on any atom is -0.354 e. The Hall–Kier alpha value is -3.55. The van der Waals surface area contributed by atoms with E-state index >= 15 is 0 Å².